The zero-order valence-electron chi connectivity index (χ0n) is 23.1. The van der Waals surface area contributed by atoms with Crippen molar-refractivity contribution in [2.45, 2.75) is 28.8 Å². The van der Waals surface area contributed by atoms with Crippen molar-refractivity contribution in [2.24, 2.45) is 7.05 Å². The second-order valence-corrected chi connectivity index (χ2v) is 17.2. The molecule has 0 bridgehead atoms. The summed E-state index contributed by atoms with van der Waals surface area (Å²) in [5, 5.41) is -1.77. The van der Waals surface area contributed by atoms with Crippen LogP contribution >= 0.6 is 0 Å². The van der Waals surface area contributed by atoms with Crippen molar-refractivity contribution < 1.29 is 18.9 Å². The molecule has 0 radical (unpaired) electrons. The molecule has 1 aliphatic heterocycles. The Bertz CT molecular complexity index is 1760. The van der Waals surface area contributed by atoms with Gasteiger partial charge in [-0.2, -0.15) is 0 Å². The normalized spacial score (nSPS) is 19.7. The molecule has 6 rings (SSSR count). The Kier molecular flexibility index (Phi) is 3.68. The number of furan rings is 1. The molecule has 3 aromatic carbocycles. The zero-order chi connectivity index (χ0) is 26.5. The van der Waals surface area contributed by atoms with E-state index in [0.29, 0.717) is 27.9 Å². The summed E-state index contributed by atoms with van der Waals surface area (Å²) in [6.07, 6.45) is 1.98. The van der Waals surface area contributed by atoms with Crippen LogP contribution in [0.5, 0.6) is 0 Å². The predicted molar refractivity (Wildman–Crippen MR) is 135 cm³/mol. The fourth-order valence-corrected chi connectivity index (χ4v) is 8.81. The van der Waals surface area contributed by atoms with Gasteiger partial charge >= 0.3 is 196 Å². The van der Waals surface area contributed by atoms with Crippen LogP contribution in [-0.4, -0.2) is 13.3 Å². The van der Waals surface area contributed by atoms with Crippen molar-refractivity contribution >= 4 is 35.2 Å². The monoisotopic (exact) mass is 502 g/mol. The fourth-order valence-electron chi connectivity index (χ4n) is 4.97. The van der Waals surface area contributed by atoms with Crippen LogP contribution in [0.1, 0.15) is 22.2 Å². The van der Waals surface area contributed by atoms with E-state index in [0.717, 1.165) is 27.6 Å². The summed E-state index contributed by atoms with van der Waals surface area (Å²) in [4.78, 5) is 0. The molecular formula is C29H27FGeNO+. The van der Waals surface area contributed by atoms with Gasteiger partial charge in [-0.3, -0.25) is 0 Å². The van der Waals surface area contributed by atoms with Gasteiger partial charge in [0.05, 0.1) is 0 Å². The summed E-state index contributed by atoms with van der Waals surface area (Å²) in [5.41, 5.74) is 5.52. The molecule has 5 aromatic rings. The molecule has 0 unspecified atom stereocenters. The van der Waals surface area contributed by atoms with Crippen molar-refractivity contribution in [1.29, 1.82) is 0 Å². The molecule has 164 valence electrons. The topological polar surface area (TPSA) is 17.0 Å². The Balaban J connectivity index is 1.65. The molecule has 0 N–H and O–H groups in total. The van der Waals surface area contributed by atoms with Crippen LogP contribution in [0.4, 0.5) is 4.39 Å². The molecule has 0 fully saturated rings. The minimum absolute atomic E-state index is 0.270. The number of nitrogens with zero attached hydrogens (tertiary/aromatic N) is 1. The number of halogens is 1. The summed E-state index contributed by atoms with van der Waals surface area (Å²) < 4.78 is 59.1. The third-order valence-corrected chi connectivity index (χ3v) is 10.2. The van der Waals surface area contributed by atoms with E-state index in [2.05, 4.69) is 0 Å². The first-order valence-electron chi connectivity index (χ1n) is 13.1. The number of hydrogen-bond acceptors (Lipinski definition) is 1. The van der Waals surface area contributed by atoms with Gasteiger partial charge in [-0.25, -0.2) is 0 Å². The molecule has 0 aliphatic carbocycles. The standard InChI is InChI=1S/C29H27FGeNO/c1-18-8-11-22-23-12-13-24(30)27(19-9-10-20-16-31(2,3)17-21(20)15-19)29(23)33-28(22)26(18)25-7-5-6-14-32(25)4/h5-15H,16-17H2,1-4H3/q+1/i16D2,17D2. The number of benzene rings is 3. The van der Waals surface area contributed by atoms with Gasteiger partial charge in [0.1, 0.15) is 0 Å². The van der Waals surface area contributed by atoms with Crippen LogP contribution in [0.15, 0.2) is 71.3 Å². The Morgan fingerprint density at radius 2 is 1.64 bits per heavy atom. The number of aryl methyl sites for hydroxylation is 2. The van der Waals surface area contributed by atoms with Crippen LogP contribution in [0.2, 0.25) is 11.5 Å². The van der Waals surface area contributed by atoms with Crippen molar-refractivity contribution in [2.75, 3.05) is 0 Å². The van der Waals surface area contributed by atoms with Crippen molar-refractivity contribution in [1.82, 2.24) is 0 Å². The number of aromatic nitrogens is 1. The molecule has 4 heteroatoms. The minimum atomic E-state index is -3.64. The van der Waals surface area contributed by atoms with Gasteiger partial charge in [-0.05, 0) is 0 Å². The molecule has 2 aromatic heterocycles. The Hall–Kier alpha value is -2.92. The molecule has 2 nitrogen and oxygen atoms in total. The average Bonchev–Trinajstić information content (AvgIpc) is 3.26. The second kappa shape index (κ2) is 7.29. The van der Waals surface area contributed by atoms with Crippen LogP contribution in [0.25, 0.3) is 44.3 Å². The van der Waals surface area contributed by atoms with Crippen molar-refractivity contribution in [3.05, 3.63) is 89.4 Å². The molecule has 3 heterocycles. The molecule has 0 atom stereocenters. The van der Waals surface area contributed by atoms with E-state index >= 15 is 4.39 Å². The maximum absolute atomic E-state index is 15.5. The number of pyridine rings is 1. The first-order chi connectivity index (χ1) is 17.4. The van der Waals surface area contributed by atoms with E-state index in [9.17, 15) is 0 Å². The van der Waals surface area contributed by atoms with E-state index in [1.54, 1.807) is 35.8 Å². The van der Waals surface area contributed by atoms with Crippen LogP contribution < -0.4 is 4.57 Å². The maximum atomic E-state index is 15.5. The Labute approximate surface area is 201 Å². The summed E-state index contributed by atoms with van der Waals surface area (Å²) in [5.74, 6) is 3.11. The predicted octanol–water partition coefficient (Wildman–Crippen LogP) is 7.08. The SMILES string of the molecule is [2H][C]1([2H])c2ccc(-c3c(F)ccc4c3oc3c(-c5cccc[n+]5C)c(C)ccc34)cc2[C]([2H])([2H])[Ge]1([CH3])[CH3]. The van der Waals surface area contributed by atoms with Gasteiger partial charge in [0, 0.05) is 6.07 Å². The summed E-state index contributed by atoms with van der Waals surface area (Å²) >= 11 is -3.64. The van der Waals surface area contributed by atoms with Gasteiger partial charge in [0.15, 0.2) is 0 Å². The van der Waals surface area contributed by atoms with Crippen molar-refractivity contribution in [3.8, 4) is 22.4 Å². The fraction of sp³-hybridized carbons (Fsp3) is 0.207. The third-order valence-electron chi connectivity index (χ3n) is 6.48. The van der Waals surface area contributed by atoms with Gasteiger partial charge in [0.25, 0.3) is 0 Å². The molecule has 0 saturated carbocycles. The summed E-state index contributed by atoms with van der Waals surface area (Å²) in [6, 6.07) is 18.1. The first-order valence-corrected chi connectivity index (χ1v) is 17.4. The van der Waals surface area contributed by atoms with E-state index in [-0.39, 0.29) is 5.56 Å². The molecule has 0 saturated heterocycles. The van der Waals surface area contributed by atoms with Crippen LogP contribution in [0.3, 0.4) is 0 Å². The molecule has 33 heavy (non-hydrogen) atoms. The summed E-state index contributed by atoms with van der Waals surface area (Å²) in [7, 11) is 1.98. The van der Waals surface area contributed by atoms with Gasteiger partial charge in [-0.1, -0.05) is 0 Å². The molecule has 0 spiro atoms. The summed E-state index contributed by atoms with van der Waals surface area (Å²) in [6.45, 7) is 2.03. The van der Waals surface area contributed by atoms with Crippen molar-refractivity contribution in [3.63, 3.8) is 0 Å². The number of fused-ring (bicyclic) bond motifs is 4. The zero-order valence-corrected chi connectivity index (χ0v) is 21.2. The Morgan fingerprint density at radius 3 is 2.42 bits per heavy atom. The second-order valence-electron chi connectivity index (χ2n) is 9.37. The molecule has 0 amide bonds. The quantitative estimate of drug-likeness (QED) is 0.187. The first kappa shape index (κ1) is 16.7. The van der Waals surface area contributed by atoms with Gasteiger partial charge in [0.2, 0.25) is 0 Å². The van der Waals surface area contributed by atoms with Crippen LogP contribution in [0, 0.1) is 12.7 Å². The molecular weight excluding hydrogens is 470 g/mol. The van der Waals surface area contributed by atoms with Gasteiger partial charge < -0.3 is 0 Å². The van der Waals surface area contributed by atoms with E-state index in [1.165, 1.54) is 6.07 Å². The van der Waals surface area contributed by atoms with E-state index in [1.807, 2.05) is 55.1 Å². The number of rotatable bonds is 2. The van der Waals surface area contributed by atoms with Crippen LogP contribution in [-0.2, 0) is 17.5 Å². The van der Waals surface area contributed by atoms with Gasteiger partial charge in [-0.15, -0.1) is 0 Å². The third kappa shape index (κ3) is 3.24. The molecule has 1 aliphatic rings. The Morgan fingerprint density at radius 1 is 0.909 bits per heavy atom. The van der Waals surface area contributed by atoms with E-state index in [4.69, 9.17) is 9.90 Å². The van der Waals surface area contributed by atoms with E-state index < -0.39 is 29.5 Å². The number of hydrogen-bond donors (Lipinski definition) is 0. The average molecular weight is 501 g/mol.